The standard InChI is InChI=1S/C20H18F2N4/c21-16-7-5-15(6-8-16)18-13-20(24-14-23-18)26-11-9-25(10-12-26)19-4-2-1-3-17(19)22/h1-8,13-14H,9-12H2. The molecule has 0 atom stereocenters. The van der Waals surface area contributed by atoms with E-state index < -0.39 is 0 Å². The van der Waals surface area contributed by atoms with Crippen molar-refractivity contribution in [3.63, 3.8) is 0 Å². The first-order valence-corrected chi connectivity index (χ1v) is 8.53. The molecule has 4 rings (SSSR count). The summed E-state index contributed by atoms with van der Waals surface area (Å²) >= 11 is 0. The lowest BCUT2D eigenvalue weighted by atomic mass is 10.1. The van der Waals surface area contributed by atoms with Crippen LogP contribution in [0, 0.1) is 11.6 Å². The van der Waals surface area contributed by atoms with E-state index in [9.17, 15) is 8.78 Å². The number of rotatable bonds is 3. The van der Waals surface area contributed by atoms with Gasteiger partial charge in [0.1, 0.15) is 23.8 Å². The van der Waals surface area contributed by atoms with Gasteiger partial charge in [-0.2, -0.15) is 0 Å². The van der Waals surface area contributed by atoms with Gasteiger partial charge in [0.15, 0.2) is 0 Å². The number of hydrogen-bond donors (Lipinski definition) is 0. The normalized spacial score (nSPS) is 14.5. The fraction of sp³-hybridized carbons (Fsp3) is 0.200. The van der Waals surface area contributed by atoms with E-state index in [-0.39, 0.29) is 11.6 Å². The van der Waals surface area contributed by atoms with E-state index in [4.69, 9.17) is 0 Å². The Balaban J connectivity index is 1.49. The molecule has 2 heterocycles. The Hall–Kier alpha value is -3.02. The van der Waals surface area contributed by atoms with Crippen LogP contribution in [-0.2, 0) is 0 Å². The highest BCUT2D eigenvalue weighted by atomic mass is 19.1. The van der Waals surface area contributed by atoms with Gasteiger partial charge in [-0.3, -0.25) is 0 Å². The molecule has 0 radical (unpaired) electrons. The van der Waals surface area contributed by atoms with Crippen molar-refractivity contribution in [1.82, 2.24) is 9.97 Å². The first-order valence-electron chi connectivity index (χ1n) is 8.53. The number of nitrogens with zero attached hydrogens (tertiary/aromatic N) is 4. The Kier molecular flexibility index (Phi) is 4.48. The second kappa shape index (κ2) is 7.07. The molecule has 26 heavy (non-hydrogen) atoms. The minimum absolute atomic E-state index is 0.193. The van der Waals surface area contributed by atoms with Gasteiger partial charge in [0.25, 0.3) is 0 Å². The van der Waals surface area contributed by atoms with Gasteiger partial charge in [-0.25, -0.2) is 18.7 Å². The van der Waals surface area contributed by atoms with Crippen molar-refractivity contribution in [3.05, 3.63) is 72.6 Å². The van der Waals surface area contributed by atoms with Crippen LogP contribution in [0.5, 0.6) is 0 Å². The van der Waals surface area contributed by atoms with Gasteiger partial charge < -0.3 is 9.80 Å². The van der Waals surface area contributed by atoms with Crippen LogP contribution < -0.4 is 9.80 Å². The smallest absolute Gasteiger partial charge is 0.146 e. The maximum absolute atomic E-state index is 14.0. The molecule has 132 valence electrons. The predicted molar refractivity (Wildman–Crippen MR) is 98.3 cm³/mol. The number of piperazine rings is 1. The summed E-state index contributed by atoms with van der Waals surface area (Å²) < 4.78 is 27.1. The van der Waals surface area contributed by atoms with E-state index in [0.29, 0.717) is 5.69 Å². The summed E-state index contributed by atoms with van der Waals surface area (Å²) in [6, 6.07) is 15.0. The van der Waals surface area contributed by atoms with Crippen molar-refractivity contribution >= 4 is 11.5 Å². The van der Waals surface area contributed by atoms with Gasteiger partial charge in [0, 0.05) is 37.8 Å². The Bertz CT molecular complexity index is 890. The number of aromatic nitrogens is 2. The van der Waals surface area contributed by atoms with Crippen LogP contribution in [0.2, 0.25) is 0 Å². The van der Waals surface area contributed by atoms with Crippen LogP contribution >= 0.6 is 0 Å². The highest BCUT2D eigenvalue weighted by Gasteiger charge is 2.20. The molecule has 0 N–H and O–H groups in total. The summed E-state index contributed by atoms with van der Waals surface area (Å²) in [5, 5.41) is 0. The lowest BCUT2D eigenvalue weighted by Crippen LogP contribution is -2.47. The van der Waals surface area contributed by atoms with Gasteiger partial charge in [-0.15, -0.1) is 0 Å². The third kappa shape index (κ3) is 3.35. The largest absolute Gasteiger partial charge is 0.366 e. The molecule has 1 fully saturated rings. The summed E-state index contributed by atoms with van der Waals surface area (Å²) in [6.45, 7) is 2.93. The Labute approximate surface area is 150 Å². The molecule has 0 spiro atoms. The third-order valence-corrected chi connectivity index (χ3v) is 4.59. The van der Waals surface area contributed by atoms with E-state index in [1.807, 2.05) is 23.1 Å². The molecule has 0 unspecified atom stereocenters. The zero-order chi connectivity index (χ0) is 17.9. The van der Waals surface area contributed by atoms with Crippen LogP contribution in [0.15, 0.2) is 60.9 Å². The topological polar surface area (TPSA) is 32.3 Å². The highest BCUT2D eigenvalue weighted by Crippen LogP contribution is 2.24. The fourth-order valence-electron chi connectivity index (χ4n) is 3.18. The Morgan fingerprint density at radius 3 is 2.19 bits per heavy atom. The molecule has 0 saturated carbocycles. The number of halogens is 2. The number of para-hydroxylation sites is 1. The van der Waals surface area contributed by atoms with Crippen molar-refractivity contribution in [2.45, 2.75) is 0 Å². The van der Waals surface area contributed by atoms with Crippen LogP contribution in [0.4, 0.5) is 20.3 Å². The van der Waals surface area contributed by atoms with E-state index in [0.717, 1.165) is 43.3 Å². The summed E-state index contributed by atoms with van der Waals surface area (Å²) in [7, 11) is 0. The van der Waals surface area contributed by atoms with Crippen LogP contribution in [-0.4, -0.2) is 36.1 Å². The highest BCUT2D eigenvalue weighted by molar-refractivity contribution is 5.62. The third-order valence-electron chi connectivity index (χ3n) is 4.59. The molecule has 4 nitrogen and oxygen atoms in total. The number of anilines is 2. The molecule has 0 bridgehead atoms. The lowest BCUT2D eigenvalue weighted by molar-refractivity contribution is 0.596. The molecule has 0 amide bonds. The van der Waals surface area contributed by atoms with Crippen molar-refractivity contribution in [1.29, 1.82) is 0 Å². The van der Waals surface area contributed by atoms with E-state index >= 15 is 0 Å². The second-order valence-electron chi connectivity index (χ2n) is 6.19. The fourth-order valence-corrected chi connectivity index (χ4v) is 3.18. The molecule has 1 aliphatic rings. The van der Waals surface area contributed by atoms with Gasteiger partial charge in [-0.05, 0) is 36.4 Å². The molecular weight excluding hydrogens is 334 g/mol. The first-order chi connectivity index (χ1) is 12.7. The Morgan fingerprint density at radius 2 is 1.46 bits per heavy atom. The maximum atomic E-state index is 14.0. The van der Waals surface area contributed by atoms with E-state index in [1.54, 1.807) is 18.2 Å². The van der Waals surface area contributed by atoms with Gasteiger partial charge in [-0.1, -0.05) is 12.1 Å². The molecule has 1 saturated heterocycles. The molecule has 1 aliphatic heterocycles. The van der Waals surface area contributed by atoms with Crippen LogP contribution in [0.25, 0.3) is 11.3 Å². The molecule has 0 aliphatic carbocycles. The summed E-state index contributed by atoms with van der Waals surface area (Å²) in [5.74, 6) is 0.362. The summed E-state index contributed by atoms with van der Waals surface area (Å²) in [6.07, 6.45) is 1.53. The lowest BCUT2D eigenvalue weighted by Gasteiger charge is -2.36. The van der Waals surface area contributed by atoms with Gasteiger partial charge in [0.05, 0.1) is 11.4 Å². The molecule has 6 heteroatoms. The molecule has 2 aromatic carbocycles. The van der Waals surface area contributed by atoms with Crippen molar-refractivity contribution in [3.8, 4) is 11.3 Å². The Morgan fingerprint density at radius 1 is 0.769 bits per heavy atom. The zero-order valence-corrected chi connectivity index (χ0v) is 14.1. The summed E-state index contributed by atoms with van der Waals surface area (Å²) in [4.78, 5) is 12.9. The SMILES string of the molecule is Fc1ccc(-c2cc(N3CCN(c4ccccc4F)CC3)ncn2)cc1. The first kappa shape index (κ1) is 16.4. The van der Waals surface area contributed by atoms with Crippen molar-refractivity contribution in [2.75, 3.05) is 36.0 Å². The average Bonchev–Trinajstić information content (AvgIpc) is 2.69. The quantitative estimate of drug-likeness (QED) is 0.719. The van der Waals surface area contributed by atoms with Gasteiger partial charge in [0.2, 0.25) is 0 Å². The van der Waals surface area contributed by atoms with Crippen LogP contribution in [0.1, 0.15) is 0 Å². The van der Waals surface area contributed by atoms with Crippen molar-refractivity contribution < 1.29 is 8.78 Å². The zero-order valence-electron chi connectivity index (χ0n) is 14.1. The van der Waals surface area contributed by atoms with Crippen molar-refractivity contribution in [2.24, 2.45) is 0 Å². The number of hydrogen-bond acceptors (Lipinski definition) is 4. The second-order valence-corrected chi connectivity index (χ2v) is 6.19. The monoisotopic (exact) mass is 352 g/mol. The number of benzene rings is 2. The predicted octanol–water partition coefficient (Wildman–Crippen LogP) is 3.75. The van der Waals surface area contributed by atoms with E-state index in [1.165, 1.54) is 24.5 Å². The van der Waals surface area contributed by atoms with Crippen LogP contribution in [0.3, 0.4) is 0 Å². The molecular formula is C20H18F2N4. The minimum Gasteiger partial charge on any atom is -0.366 e. The maximum Gasteiger partial charge on any atom is 0.146 e. The average molecular weight is 352 g/mol. The van der Waals surface area contributed by atoms with Gasteiger partial charge >= 0.3 is 0 Å². The molecule has 3 aromatic rings. The van der Waals surface area contributed by atoms with E-state index in [2.05, 4.69) is 14.9 Å². The minimum atomic E-state index is -0.271. The molecule has 1 aromatic heterocycles. The summed E-state index contributed by atoms with van der Waals surface area (Å²) in [5.41, 5.74) is 2.24.